The summed E-state index contributed by atoms with van der Waals surface area (Å²) in [5.74, 6) is 1.58. The van der Waals surface area contributed by atoms with E-state index in [9.17, 15) is 10.5 Å². The van der Waals surface area contributed by atoms with Gasteiger partial charge in [-0.25, -0.2) is 15.0 Å². The molecule has 0 radical (unpaired) electrons. The maximum atomic E-state index is 9.50. The van der Waals surface area contributed by atoms with Gasteiger partial charge in [-0.1, -0.05) is 109 Å². The Hall–Kier alpha value is -7.15. The lowest BCUT2D eigenvalue weighted by Gasteiger charge is -2.12. The maximum absolute atomic E-state index is 9.50. The van der Waals surface area contributed by atoms with Crippen LogP contribution >= 0.6 is 0 Å². The molecule has 49 heavy (non-hydrogen) atoms. The highest BCUT2D eigenvalue weighted by molar-refractivity contribution is 6.14. The molecule has 0 amide bonds. The summed E-state index contributed by atoms with van der Waals surface area (Å²) in [6.07, 6.45) is 0. The van der Waals surface area contributed by atoms with E-state index in [2.05, 4.69) is 66.7 Å². The zero-order valence-corrected chi connectivity index (χ0v) is 25.9. The Balaban J connectivity index is 1.27. The molecular formula is C43H23N5O. The van der Waals surface area contributed by atoms with E-state index in [0.29, 0.717) is 28.6 Å². The second-order valence-electron chi connectivity index (χ2n) is 11.9. The van der Waals surface area contributed by atoms with Crippen molar-refractivity contribution in [3.63, 3.8) is 0 Å². The summed E-state index contributed by atoms with van der Waals surface area (Å²) in [6.45, 7) is 0. The van der Waals surface area contributed by atoms with Gasteiger partial charge in [-0.15, -0.1) is 0 Å². The quantitative estimate of drug-likeness (QED) is 0.180. The van der Waals surface area contributed by atoms with Gasteiger partial charge >= 0.3 is 0 Å². The Kier molecular flexibility index (Phi) is 6.47. The Morgan fingerprint density at radius 3 is 1.84 bits per heavy atom. The molecule has 0 spiro atoms. The van der Waals surface area contributed by atoms with Gasteiger partial charge in [-0.2, -0.15) is 10.5 Å². The average molecular weight is 626 g/mol. The molecule has 0 unspecified atom stereocenters. The number of rotatable bonds is 4. The molecule has 0 bridgehead atoms. The van der Waals surface area contributed by atoms with Gasteiger partial charge in [-0.3, -0.25) is 0 Å². The van der Waals surface area contributed by atoms with Crippen LogP contribution in [0.5, 0.6) is 0 Å². The zero-order valence-electron chi connectivity index (χ0n) is 25.9. The van der Waals surface area contributed by atoms with Crippen LogP contribution in [0.4, 0.5) is 0 Å². The van der Waals surface area contributed by atoms with E-state index in [0.717, 1.165) is 71.3 Å². The molecule has 0 N–H and O–H groups in total. The summed E-state index contributed by atoms with van der Waals surface area (Å²) in [4.78, 5) is 15.3. The van der Waals surface area contributed by atoms with E-state index in [1.54, 1.807) is 18.2 Å². The molecule has 0 saturated carbocycles. The van der Waals surface area contributed by atoms with Gasteiger partial charge in [0.25, 0.3) is 0 Å². The fourth-order valence-corrected chi connectivity index (χ4v) is 6.65. The van der Waals surface area contributed by atoms with E-state index < -0.39 is 0 Å². The Morgan fingerprint density at radius 1 is 0.449 bits per heavy atom. The SMILES string of the molecule is N#Cc1cc(C#N)cc(-c2ccc(-c3nc(-c4cccc5c4oc4ccccc45)nc(-c4cccc5ccc6ccccc6c45)n3)cc2)c1. The number of nitrogens with zero attached hydrogens (tertiary/aromatic N) is 5. The first-order chi connectivity index (χ1) is 24.2. The van der Waals surface area contributed by atoms with Crippen LogP contribution in [0.2, 0.25) is 0 Å². The zero-order chi connectivity index (χ0) is 32.9. The molecule has 0 aliphatic rings. The molecule has 0 aliphatic heterocycles. The fourth-order valence-electron chi connectivity index (χ4n) is 6.65. The topological polar surface area (TPSA) is 99.4 Å². The third-order valence-electron chi connectivity index (χ3n) is 8.96. The predicted molar refractivity (Wildman–Crippen MR) is 193 cm³/mol. The van der Waals surface area contributed by atoms with Gasteiger partial charge in [-0.05, 0) is 57.6 Å². The van der Waals surface area contributed by atoms with Crippen LogP contribution in [0.25, 0.3) is 88.8 Å². The minimum atomic E-state index is 0.437. The highest BCUT2D eigenvalue weighted by Gasteiger charge is 2.19. The van der Waals surface area contributed by atoms with E-state index in [4.69, 9.17) is 19.4 Å². The molecule has 9 aromatic rings. The molecule has 0 fully saturated rings. The minimum absolute atomic E-state index is 0.437. The third kappa shape index (κ3) is 4.76. The van der Waals surface area contributed by atoms with Gasteiger partial charge in [0.05, 0.1) is 28.8 Å². The van der Waals surface area contributed by atoms with Crippen LogP contribution in [-0.2, 0) is 0 Å². The molecule has 7 aromatic carbocycles. The van der Waals surface area contributed by atoms with E-state index in [-0.39, 0.29) is 0 Å². The van der Waals surface area contributed by atoms with Crippen LogP contribution in [-0.4, -0.2) is 15.0 Å². The molecule has 6 heteroatoms. The highest BCUT2D eigenvalue weighted by Crippen LogP contribution is 2.38. The van der Waals surface area contributed by atoms with E-state index in [1.165, 1.54) is 0 Å². The Labute approximate surface area is 280 Å². The predicted octanol–water partition coefficient (Wildman–Crippen LogP) is 10.5. The van der Waals surface area contributed by atoms with Gasteiger partial charge < -0.3 is 4.42 Å². The van der Waals surface area contributed by atoms with Crippen molar-refractivity contribution < 1.29 is 4.42 Å². The van der Waals surface area contributed by atoms with Crippen molar-refractivity contribution in [3.05, 3.63) is 151 Å². The molecule has 2 heterocycles. The van der Waals surface area contributed by atoms with E-state index in [1.807, 2.05) is 66.7 Å². The third-order valence-corrected chi connectivity index (χ3v) is 8.96. The van der Waals surface area contributed by atoms with Crippen molar-refractivity contribution in [2.75, 3.05) is 0 Å². The van der Waals surface area contributed by atoms with Crippen molar-refractivity contribution >= 4 is 43.5 Å². The van der Waals surface area contributed by atoms with Crippen LogP contribution in [0, 0.1) is 22.7 Å². The lowest BCUT2D eigenvalue weighted by molar-refractivity contribution is 0.669. The van der Waals surface area contributed by atoms with E-state index >= 15 is 0 Å². The summed E-state index contributed by atoms with van der Waals surface area (Å²) in [7, 11) is 0. The molecule has 2 aromatic heterocycles. The molecule has 0 aliphatic carbocycles. The van der Waals surface area contributed by atoms with Gasteiger partial charge in [0.2, 0.25) is 0 Å². The van der Waals surface area contributed by atoms with Crippen LogP contribution in [0.3, 0.4) is 0 Å². The fraction of sp³-hybridized carbons (Fsp3) is 0. The number of hydrogen-bond acceptors (Lipinski definition) is 6. The highest BCUT2D eigenvalue weighted by atomic mass is 16.3. The monoisotopic (exact) mass is 625 g/mol. The Bertz CT molecular complexity index is 2820. The molecule has 9 rings (SSSR count). The first-order valence-corrected chi connectivity index (χ1v) is 15.8. The second kappa shape index (κ2) is 11.3. The number of furan rings is 1. The smallest absolute Gasteiger partial charge is 0.167 e. The molecule has 6 nitrogen and oxygen atoms in total. The molecule has 0 saturated heterocycles. The Morgan fingerprint density at radius 2 is 1.04 bits per heavy atom. The number of nitriles is 2. The van der Waals surface area contributed by atoms with Crippen molar-refractivity contribution in [3.8, 4) is 57.4 Å². The lowest BCUT2D eigenvalue weighted by atomic mass is 9.97. The first-order valence-electron chi connectivity index (χ1n) is 15.8. The molecular weight excluding hydrogens is 603 g/mol. The molecule has 226 valence electrons. The summed E-state index contributed by atoms with van der Waals surface area (Å²) < 4.78 is 6.41. The van der Waals surface area contributed by atoms with Crippen molar-refractivity contribution in [2.45, 2.75) is 0 Å². The number of hydrogen-bond donors (Lipinski definition) is 0. The van der Waals surface area contributed by atoms with Crippen molar-refractivity contribution in [2.24, 2.45) is 0 Å². The van der Waals surface area contributed by atoms with Crippen molar-refractivity contribution in [1.29, 1.82) is 10.5 Å². The number of benzene rings is 7. The summed E-state index contributed by atoms with van der Waals surface area (Å²) in [5, 5.41) is 25.5. The summed E-state index contributed by atoms with van der Waals surface area (Å²) >= 11 is 0. The normalized spacial score (nSPS) is 11.2. The maximum Gasteiger partial charge on any atom is 0.167 e. The second-order valence-corrected chi connectivity index (χ2v) is 11.9. The standard InChI is InChI=1S/C43H23N5O/c44-24-26-21-27(25-45)23-32(22-26)28-15-19-31(20-16-28)41-46-42(36-12-5-8-30-18-17-29-7-1-2-9-33(29)39(30)36)48-43(47-41)37-13-6-11-35-34-10-3-4-14-38(34)49-40(35)37/h1-23H. The number of aromatic nitrogens is 3. The first kappa shape index (κ1) is 28.1. The lowest BCUT2D eigenvalue weighted by Crippen LogP contribution is -2.01. The van der Waals surface area contributed by atoms with Crippen molar-refractivity contribution in [1.82, 2.24) is 15.0 Å². The average Bonchev–Trinajstić information content (AvgIpc) is 3.56. The van der Waals surface area contributed by atoms with Gasteiger partial charge in [0.15, 0.2) is 17.5 Å². The number of para-hydroxylation sites is 2. The van der Waals surface area contributed by atoms with Gasteiger partial charge in [0, 0.05) is 27.3 Å². The largest absolute Gasteiger partial charge is 0.455 e. The summed E-state index contributed by atoms with van der Waals surface area (Å²) in [5.41, 5.74) is 6.54. The summed E-state index contributed by atoms with van der Waals surface area (Å²) in [6, 6.07) is 50.2. The molecule has 0 atom stereocenters. The van der Waals surface area contributed by atoms with Crippen LogP contribution in [0.1, 0.15) is 11.1 Å². The minimum Gasteiger partial charge on any atom is -0.455 e. The number of fused-ring (bicyclic) bond motifs is 6. The van der Waals surface area contributed by atoms with Gasteiger partial charge in [0.1, 0.15) is 11.2 Å². The van der Waals surface area contributed by atoms with Crippen LogP contribution < -0.4 is 0 Å². The van der Waals surface area contributed by atoms with Crippen LogP contribution in [0.15, 0.2) is 144 Å².